The Hall–Kier alpha value is -2.90. The third-order valence-electron chi connectivity index (χ3n) is 5.22. The van der Waals surface area contributed by atoms with E-state index in [1.54, 1.807) is 12.1 Å². The summed E-state index contributed by atoms with van der Waals surface area (Å²) in [6.45, 7) is 1.27. The fraction of sp³-hybridized carbons (Fsp3) is 0.280. The van der Waals surface area contributed by atoms with Gasteiger partial charge >= 0.3 is 0 Å². The largest absolute Gasteiger partial charge is 0.508 e. The molecule has 3 aromatic rings. The molecule has 164 valence electrons. The fourth-order valence-electron chi connectivity index (χ4n) is 3.33. The Morgan fingerprint density at radius 2 is 1.48 bits per heavy atom. The molecular formula is C25H30N2O4. The molecule has 0 aliphatic heterocycles. The number of aromatic hydroxyl groups is 1. The summed E-state index contributed by atoms with van der Waals surface area (Å²) in [6.07, 6.45) is -0.455. The first-order valence-electron chi connectivity index (χ1n) is 10.4. The summed E-state index contributed by atoms with van der Waals surface area (Å²) in [5.41, 5.74) is 4.07. The topological polar surface area (TPSA) is 105 Å². The van der Waals surface area contributed by atoms with Crippen LogP contribution in [0.4, 0.5) is 5.69 Å². The van der Waals surface area contributed by atoms with Crippen molar-refractivity contribution in [1.29, 1.82) is 0 Å². The molecule has 6 N–H and O–H groups in total. The van der Waals surface area contributed by atoms with Crippen LogP contribution in [0.25, 0.3) is 0 Å². The van der Waals surface area contributed by atoms with Gasteiger partial charge in [-0.1, -0.05) is 48.5 Å². The summed E-state index contributed by atoms with van der Waals surface area (Å²) in [5.74, 6) is 0.0268. The predicted octanol–water partition coefficient (Wildman–Crippen LogP) is 2.90. The summed E-state index contributed by atoms with van der Waals surface area (Å²) in [4.78, 5) is 0. The van der Waals surface area contributed by atoms with E-state index >= 15 is 0 Å². The molecular weight excluding hydrogens is 392 g/mol. The highest BCUT2D eigenvalue weighted by atomic mass is 16.3. The Labute approximate surface area is 182 Å². The van der Waals surface area contributed by atoms with Gasteiger partial charge in [0.25, 0.3) is 0 Å². The molecule has 6 heteroatoms. The van der Waals surface area contributed by atoms with Crippen LogP contribution in [-0.4, -0.2) is 40.1 Å². The summed E-state index contributed by atoms with van der Waals surface area (Å²) in [7, 11) is 0. The molecule has 0 spiro atoms. The van der Waals surface area contributed by atoms with Crippen LogP contribution in [-0.2, 0) is 13.0 Å². The Morgan fingerprint density at radius 1 is 0.774 bits per heavy atom. The van der Waals surface area contributed by atoms with Gasteiger partial charge in [0.1, 0.15) is 5.75 Å². The number of aliphatic hydroxyl groups is 3. The Bertz CT molecular complexity index is 932. The molecule has 31 heavy (non-hydrogen) atoms. The van der Waals surface area contributed by atoms with Crippen molar-refractivity contribution in [3.8, 4) is 5.75 Å². The van der Waals surface area contributed by atoms with E-state index < -0.39 is 12.2 Å². The molecule has 3 aromatic carbocycles. The number of hydrogen-bond acceptors (Lipinski definition) is 6. The van der Waals surface area contributed by atoms with E-state index in [9.17, 15) is 20.4 Å². The quantitative estimate of drug-likeness (QED) is 0.266. The number of hydrogen-bond donors (Lipinski definition) is 6. The number of benzene rings is 3. The smallest absolute Gasteiger partial charge is 0.121 e. The highest BCUT2D eigenvalue weighted by Gasteiger charge is 2.10. The zero-order chi connectivity index (χ0) is 22.1. The van der Waals surface area contributed by atoms with Gasteiger partial charge in [0.15, 0.2) is 0 Å². The molecule has 0 radical (unpaired) electrons. The van der Waals surface area contributed by atoms with E-state index in [1.807, 2.05) is 54.6 Å². The lowest BCUT2D eigenvalue weighted by Crippen LogP contribution is -2.23. The van der Waals surface area contributed by atoms with Gasteiger partial charge < -0.3 is 31.1 Å². The molecule has 3 rings (SSSR count). The lowest BCUT2D eigenvalue weighted by molar-refractivity contribution is 0.174. The van der Waals surface area contributed by atoms with Crippen LogP contribution in [0.1, 0.15) is 34.5 Å². The second-order valence-corrected chi connectivity index (χ2v) is 7.52. The highest BCUT2D eigenvalue weighted by Crippen LogP contribution is 2.22. The number of anilines is 1. The monoisotopic (exact) mass is 422 g/mol. The lowest BCUT2D eigenvalue weighted by atomic mass is 10.1. The highest BCUT2D eigenvalue weighted by molar-refractivity contribution is 5.45. The van der Waals surface area contributed by atoms with E-state index in [2.05, 4.69) is 10.6 Å². The van der Waals surface area contributed by atoms with Crippen molar-refractivity contribution in [3.05, 3.63) is 95.1 Å². The Morgan fingerprint density at radius 3 is 2.19 bits per heavy atom. The number of aliphatic hydroxyl groups excluding tert-OH is 3. The lowest BCUT2D eigenvalue weighted by Gasteiger charge is -2.14. The summed E-state index contributed by atoms with van der Waals surface area (Å²) in [5, 5.41) is 45.9. The molecule has 0 aliphatic rings. The van der Waals surface area contributed by atoms with Gasteiger partial charge in [-0.2, -0.15) is 0 Å². The van der Waals surface area contributed by atoms with Crippen molar-refractivity contribution < 1.29 is 20.4 Å². The average molecular weight is 423 g/mol. The van der Waals surface area contributed by atoms with Gasteiger partial charge in [-0.25, -0.2) is 0 Å². The van der Waals surface area contributed by atoms with Crippen LogP contribution < -0.4 is 10.6 Å². The van der Waals surface area contributed by atoms with Crippen LogP contribution in [0.15, 0.2) is 72.8 Å². The fourth-order valence-corrected chi connectivity index (χ4v) is 3.33. The molecule has 0 unspecified atom stereocenters. The minimum atomic E-state index is -0.714. The van der Waals surface area contributed by atoms with Gasteiger partial charge in [-0.3, -0.25) is 0 Å². The third kappa shape index (κ3) is 6.80. The standard InChI is InChI=1S/C25H30N2O4/c28-17-21-14-20(8-11-23(21)29)24(30)15-26-13-12-18-6-9-22(10-7-18)27-16-25(31)19-4-2-1-3-5-19/h1-11,14,24-31H,12-13,15-17H2/t24-,25+/m0/s1. The summed E-state index contributed by atoms with van der Waals surface area (Å²) in [6, 6.07) is 22.4. The van der Waals surface area contributed by atoms with Crippen molar-refractivity contribution in [3.63, 3.8) is 0 Å². The molecule has 0 saturated heterocycles. The number of rotatable bonds is 11. The SMILES string of the molecule is OCc1cc([C@@H](O)CNCCc2ccc(NC[C@@H](O)c3ccccc3)cc2)ccc1O. The van der Waals surface area contributed by atoms with Gasteiger partial charge in [0, 0.05) is 24.3 Å². The molecule has 0 amide bonds. The molecule has 0 aliphatic carbocycles. The van der Waals surface area contributed by atoms with Gasteiger partial charge in [-0.15, -0.1) is 0 Å². The van der Waals surface area contributed by atoms with E-state index in [4.69, 9.17) is 0 Å². The third-order valence-corrected chi connectivity index (χ3v) is 5.22. The molecule has 0 heterocycles. The second-order valence-electron chi connectivity index (χ2n) is 7.52. The van der Waals surface area contributed by atoms with Crippen molar-refractivity contribution in [2.45, 2.75) is 25.2 Å². The normalized spacial score (nSPS) is 13.0. The molecule has 0 aromatic heterocycles. The summed E-state index contributed by atoms with van der Waals surface area (Å²) >= 11 is 0. The first-order chi connectivity index (χ1) is 15.1. The maximum atomic E-state index is 10.3. The first-order valence-corrected chi connectivity index (χ1v) is 10.4. The van der Waals surface area contributed by atoms with Gasteiger partial charge in [0.2, 0.25) is 0 Å². The second kappa shape index (κ2) is 11.5. The first kappa shape index (κ1) is 22.8. The number of phenols is 1. The van der Waals surface area contributed by atoms with Crippen LogP contribution in [0.3, 0.4) is 0 Å². The van der Waals surface area contributed by atoms with E-state index in [0.717, 1.165) is 17.7 Å². The number of nitrogens with one attached hydrogen (secondary N) is 2. The van der Waals surface area contributed by atoms with Crippen LogP contribution in [0, 0.1) is 0 Å². The zero-order valence-corrected chi connectivity index (χ0v) is 17.4. The maximum absolute atomic E-state index is 10.3. The van der Waals surface area contributed by atoms with Crippen LogP contribution in [0.2, 0.25) is 0 Å². The minimum absolute atomic E-state index is 0.0268. The van der Waals surface area contributed by atoms with Gasteiger partial charge in [0.05, 0.1) is 18.8 Å². The van der Waals surface area contributed by atoms with Crippen molar-refractivity contribution >= 4 is 5.69 Å². The van der Waals surface area contributed by atoms with Crippen molar-refractivity contribution in [2.75, 3.05) is 25.0 Å². The van der Waals surface area contributed by atoms with Crippen molar-refractivity contribution in [2.24, 2.45) is 0 Å². The van der Waals surface area contributed by atoms with Crippen LogP contribution >= 0.6 is 0 Å². The molecule has 0 saturated carbocycles. The molecule has 0 bridgehead atoms. The predicted molar refractivity (Wildman–Crippen MR) is 122 cm³/mol. The van der Waals surface area contributed by atoms with Crippen LogP contribution in [0.5, 0.6) is 5.75 Å². The Kier molecular flexibility index (Phi) is 8.44. The summed E-state index contributed by atoms with van der Waals surface area (Å²) < 4.78 is 0. The average Bonchev–Trinajstić information content (AvgIpc) is 2.81. The zero-order valence-electron chi connectivity index (χ0n) is 17.4. The molecule has 6 nitrogen and oxygen atoms in total. The van der Waals surface area contributed by atoms with E-state index in [1.165, 1.54) is 11.6 Å². The molecule has 0 fully saturated rings. The maximum Gasteiger partial charge on any atom is 0.121 e. The minimum Gasteiger partial charge on any atom is -0.508 e. The Balaban J connectivity index is 1.39. The van der Waals surface area contributed by atoms with Gasteiger partial charge in [-0.05, 0) is 53.9 Å². The van der Waals surface area contributed by atoms with E-state index in [-0.39, 0.29) is 12.4 Å². The van der Waals surface area contributed by atoms with Crippen molar-refractivity contribution in [1.82, 2.24) is 5.32 Å². The van der Waals surface area contributed by atoms with E-state index in [0.29, 0.717) is 30.8 Å². The molecule has 2 atom stereocenters.